The van der Waals surface area contributed by atoms with Crippen molar-refractivity contribution in [1.29, 1.82) is 0 Å². The van der Waals surface area contributed by atoms with Crippen LogP contribution in [0.15, 0.2) is 18.2 Å². The van der Waals surface area contributed by atoms with Gasteiger partial charge in [0.15, 0.2) is 0 Å². The van der Waals surface area contributed by atoms with Gasteiger partial charge < -0.3 is 15.4 Å². The monoisotopic (exact) mass is 222 g/mol. The maximum absolute atomic E-state index is 5.77. The molecule has 0 amide bonds. The normalized spacial score (nSPS) is 10.8. The molecule has 0 atom stereocenters. The summed E-state index contributed by atoms with van der Waals surface area (Å²) in [5.41, 5.74) is 7.75. The van der Waals surface area contributed by atoms with Crippen LogP contribution >= 0.6 is 0 Å². The topological polar surface area (TPSA) is 38.5 Å². The molecule has 0 radical (unpaired) electrons. The van der Waals surface area contributed by atoms with E-state index >= 15 is 0 Å². The van der Waals surface area contributed by atoms with Gasteiger partial charge in [0.05, 0.1) is 12.8 Å². The van der Waals surface area contributed by atoms with E-state index in [9.17, 15) is 0 Å². The molecule has 0 aliphatic rings. The van der Waals surface area contributed by atoms with Crippen molar-refractivity contribution in [3.05, 3.63) is 23.8 Å². The fraction of sp³-hybridized carbons (Fsp3) is 0.538. The van der Waals surface area contributed by atoms with Crippen LogP contribution in [0.4, 0.5) is 5.69 Å². The van der Waals surface area contributed by atoms with Crippen LogP contribution in [0.3, 0.4) is 0 Å². The van der Waals surface area contributed by atoms with E-state index in [0.717, 1.165) is 31.8 Å². The van der Waals surface area contributed by atoms with Crippen molar-refractivity contribution in [2.75, 3.05) is 32.5 Å². The van der Waals surface area contributed by atoms with E-state index in [1.54, 1.807) is 7.11 Å². The van der Waals surface area contributed by atoms with Gasteiger partial charge in [0.2, 0.25) is 0 Å². The van der Waals surface area contributed by atoms with E-state index in [1.807, 2.05) is 12.1 Å². The first-order valence-corrected chi connectivity index (χ1v) is 5.86. The number of anilines is 1. The lowest BCUT2D eigenvalue weighted by molar-refractivity contribution is 0.308. The number of nitrogens with zero attached hydrogens (tertiary/aromatic N) is 1. The third kappa shape index (κ3) is 3.42. The lowest BCUT2D eigenvalue weighted by atomic mass is 10.1. The van der Waals surface area contributed by atoms with Crippen molar-refractivity contribution in [2.45, 2.75) is 20.3 Å². The minimum absolute atomic E-state index is 0.703. The van der Waals surface area contributed by atoms with Gasteiger partial charge in [0, 0.05) is 6.54 Å². The average Bonchev–Trinajstić information content (AvgIpc) is 2.32. The number of methoxy groups -OCH3 is 1. The Kier molecular flexibility index (Phi) is 5.12. The van der Waals surface area contributed by atoms with Crippen LogP contribution in [0.5, 0.6) is 5.75 Å². The van der Waals surface area contributed by atoms with Crippen molar-refractivity contribution >= 4 is 5.69 Å². The van der Waals surface area contributed by atoms with E-state index in [1.165, 1.54) is 5.56 Å². The first-order valence-electron chi connectivity index (χ1n) is 5.86. The van der Waals surface area contributed by atoms with Crippen LogP contribution in [-0.4, -0.2) is 31.6 Å². The molecule has 0 saturated heterocycles. The Morgan fingerprint density at radius 3 is 2.50 bits per heavy atom. The maximum atomic E-state index is 5.77. The number of ether oxygens (including phenoxy) is 1. The Labute approximate surface area is 98.2 Å². The molecule has 3 nitrogen and oxygen atoms in total. The van der Waals surface area contributed by atoms with Gasteiger partial charge in [-0.2, -0.15) is 0 Å². The first-order chi connectivity index (χ1) is 7.71. The summed E-state index contributed by atoms with van der Waals surface area (Å²) in [7, 11) is 1.65. The second-order valence-electron chi connectivity index (χ2n) is 3.85. The van der Waals surface area contributed by atoms with Gasteiger partial charge in [-0.3, -0.25) is 0 Å². The van der Waals surface area contributed by atoms with E-state index in [0.29, 0.717) is 5.69 Å². The quantitative estimate of drug-likeness (QED) is 0.750. The molecule has 3 heteroatoms. The fourth-order valence-corrected chi connectivity index (χ4v) is 1.74. The molecule has 16 heavy (non-hydrogen) atoms. The Balaban J connectivity index is 2.60. The highest BCUT2D eigenvalue weighted by Crippen LogP contribution is 2.22. The highest BCUT2D eigenvalue weighted by molar-refractivity contribution is 5.53. The fourth-order valence-electron chi connectivity index (χ4n) is 1.74. The molecule has 0 saturated carbocycles. The molecule has 2 N–H and O–H groups in total. The maximum Gasteiger partial charge on any atom is 0.142 e. The summed E-state index contributed by atoms with van der Waals surface area (Å²) in [4.78, 5) is 2.41. The zero-order valence-electron chi connectivity index (χ0n) is 10.5. The molecular formula is C13H22N2O. The average molecular weight is 222 g/mol. The molecule has 0 spiro atoms. The zero-order valence-corrected chi connectivity index (χ0v) is 10.5. The van der Waals surface area contributed by atoms with Gasteiger partial charge in [-0.25, -0.2) is 0 Å². The van der Waals surface area contributed by atoms with E-state index in [-0.39, 0.29) is 0 Å². The van der Waals surface area contributed by atoms with Crippen molar-refractivity contribution in [3.63, 3.8) is 0 Å². The smallest absolute Gasteiger partial charge is 0.142 e. The number of nitrogens with two attached hydrogens (primary N) is 1. The lowest BCUT2D eigenvalue weighted by Crippen LogP contribution is -2.25. The molecular weight excluding hydrogens is 200 g/mol. The summed E-state index contributed by atoms with van der Waals surface area (Å²) in [6.45, 7) is 7.66. The Hall–Kier alpha value is -1.22. The molecule has 0 bridgehead atoms. The van der Waals surface area contributed by atoms with Crippen LogP contribution in [0, 0.1) is 0 Å². The number of hydrogen-bond acceptors (Lipinski definition) is 3. The summed E-state index contributed by atoms with van der Waals surface area (Å²) in [5.74, 6) is 0.775. The molecule has 1 rings (SSSR count). The number of benzene rings is 1. The second kappa shape index (κ2) is 6.38. The Morgan fingerprint density at radius 1 is 1.25 bits per heavy atom. The summed E-state index contributed by atoms with van der Waals surface area (Å²) in [5, 5.41) is 0. The van der Waals surface area contributed by atoms with Crippen LogP contribution in [0.2, 0.25) is 0 Å². The molecule has 90 valence electrons. The number of likely N-dealkylation sites (N-methyl/N-ethyl adjacent to an activating group) is 1. The van der Waals surface area contributed by atoms with Gasteiger partial charge in [0.25, 0.3) is 0 Å². The molecule has 0 heterocycles. The van der Waals surface area contributed by atoms with Crippen molar-refractivity contribution in [2.24, 2.45) is 0 Å². The van der Waals surface area contributed by atoms with E-state index in [2.05, 4.69) is 24.8 Å². The predicted molar refractivity (Wildman–Crippen MR) is 68.9 cm³/mol. The van der Waals surface area contributed by atoms with Gasteiger partial charge in [-0.05, 0) is 37.2 Å². The van der Waals surface area contributed by atoms with E-state index in [4.69, 9.17) is 10.5 Å². The van der Waals surface area contributed by atoms with Crippen molar-refractivity contribution < 1.29 is 4.74 Å². The molecule has 0 fully saturated rings. The molecule has 1 aromatic rings. The molecule has 0 unspecified atom stereocenters. The van der Waals surface area contributed by atoms with E-state index < -0.39 is 0 Å². The number of hydrogen-bond donors (Lipinski definition) is 1. The number of nitrogen functional groups attached to an aromatic ring is 1. The minimum Gasteiger partial charge on any atom is -0.495 e. The highest BCUT2D eigenvalue weighted by Gasteiger charge is 2.03. The number of rotatable bonds is 6. The standard InChI is InChI=1S/C13H22N2O/c1-4-15(5-2)9-8-11-6-7-12(14)13(10-11)16-3/h6-7,10H,4-5,8-9,14H2,1-3H3. The van der Waals surface area contributed by atoms with Crippen molar-refractivity contribution in [1.82, 2.24) is 4.90 Å². The van der Waals surface area contributed by atoms with Crippen LogP contribution in [-0.2, 0) is 6.42 Å². The third-order valence-corrected chi connectivity index (χ3v) is 2.91. The molecule has 0 aromatic heterocycles. The second-order valence-corrected chi connectivity index (χ2v) is 3.85. The Bertz CT molecular complexity index is 322. The largest absolute Gasteiger partial charge is 0.495 e. The summed E-state index contributed by atoms with van der Waals surface area (Å²) >= 11 is 0. The predicted octanol–water partition coefficient (Wildman–Crippen LogP) is 2.16. The van der Waals surface area contributed by atoms with Gasteiger partial charge in [0.1, 0.15) is 5.75 Å². The van der Waals surface area contributed by atoms with Crippen molar-refractivity contribution in [3.8, 4) is 5.75 Å². The van der Waals surface area contributed by atoms with Gasteiger partial charge in [-0.1, -0.05) is 19.9 Å². The van der Waals surface area contributed by atoms with Crippen LogP contribution in [0.1, 0.15) is 19.4 Å². The minimum atomic E-state index is 0.703. The van der Waals surface area contributed by atoms with Crippen LogP contribution < -0.4 is 10.5 Å². The van der Waals surface area contributed by atoms with Gasteiger partial charge >= 0.3 is 0 Å². The highest BCUT2D eigenvalue weighted by atomic mass is 16.5. The summed E-state index contributed by atoms with van der Waals surface area (Å²) in [6.07, 6.45) is 1.04. The SMILES string of the molecule is CCN(CC)CCc1ccc(N)c(OC)c1. The lowest BCUT2D eigenvalue weighted by Gasteiger charge is -2.18. The third-order valence-electron chi connectivity index (χ3n) is 2.91. The Morgan fingerprint density at radius 2 is 1.94 bits per heavy atom. The zero-order chi connectivity index (χ0) is 12.0. The summed E-state index contributed by atoms with van der Waals surface area (Å²) < 4.78 is 5.21. The molecule has 0 aliphatic carbocycles. The van der Waals surface area contributed by atoms with Gasteiger partial charge in [-0.15, -0.1) is 0 Å². The summed E-state index contributed by atoms with van der Waals surface area (Å²) in [6, 6.07) is 6.01. The first kappa shape index (κ1) is 12.8. The molecule has 1 aromatic carbocycles. The molecule has 0 aliphatic heterocycles. The van der Waals surface area contributed by atoms with Crippen LogP contribution in [0.25, 0.3) is 0 Å².